The number of fused-ring (bicyclic) bond motifs is 1. The van der Waals surface area contributed by atoms with Crippen molar-refractivity contribution in [2.24, 2.45) is 0 Å². The minimum Gasteiger partial charge on any atom is -0.449 e. The van der Waals surface area contributed by atoms with E-state index in [-0.39, 0.29) is 11.9 Å². The summed E-state index contributed by atoms with van der Waals surface area (Å²) < 4.78 is 5.77. The molecule has 1 aliphatic rings. The molecular formula is C16H16N2O2S. The molecule has 2 N–H and O–H groups in total. The van der Waals surface area contributed by atoms with E-state index in [0.29, 0.717) is 17.2 Å². The molecule has 108 valence electrons. The summed E-state index contributed by atoms with van der Waals surface area (Å²) in [6, 6.07) is 9.26. The number of anilines is 2. The van der Waals surface area contributed by atoms with Gasteiger partial charge >= 0.3 is 0 Å². The molecule has 1 aromatic heterocycles. The average molecular weight is 300 g/mol. The molecule has 0 aliphatic carbocycles. The van der Waals surface area contributed by atoms with Gasteiger partial charge in [0, 0.05) is 22.7 Å². The predicted octanol–water partition coefficient (Wildman–Crippen LogP) is 3.51. The normalized spacial score (nSPS) is 16.2. The second-order valence-electron chi connectivity index (χ2n) is 5.12. The highest BCUT2D eigenvalue weighted by Crippen LogP contribution is 2.38. The van der Waals surface area contributed by atoms with Crippen molar-refractivity contribution in [1.29, 1.82) is 0 Å². The third-order valence-corrected chi connectivity index (χ3v) is 4.04. The standard InChI is InChI=1S/C16H16N2O2S/c1-10(2)18-13-8-11(17)5-6-14(13)20-15(16(18)19)9-12-4-3-7-21-12/h3-10H,17H2,1-2H3/b15-9+. The van der Waals surface area contributed by atoms with Crippen molar-refractivity contribution in [3.8, 4) is 5.75 Å². The van der Waals surface area contributed by atoms with Gasteiger partial charge in [-0.25, -0.2) is 0 Å². The first-order chi connectivity index (χ1) is 10.1. The maximum atomic E-state index is 12.7. The van der Waals surface area contributed by atoms with Gasteiger partial charge in [-0.3, -0.25) is 9.69 Å². The van der Waals surface area contributed by atoms with Gasteiger partial charge in [0.25, 0.3) is 5.91 Å². The molecule has 3 rings (SSSR count). The number of carbonyl (C=O) groups is 1. The molecule has 4 nitrogen and oxygen atoms in total. The summed E-state index contributed by atoms with van der Waals surface area (Å²) in [5.41, 5.74) is 7.16. The Labute approximate surface area is 127 Å². The quantitative estimate of drug-likeness (QED) is 0.682. The van der Waals surface area contributed by atoms with Crippen LogP contribution in [0.15, 0.2) is 41.5 Å². The number of hydrogen-bond donors (Lipinski definition) is 1. The van der Waals surface area contributed by atoms with Crippen LogP contribution in [0.5, 0.6) is 5.75 Å². The molecule has 5 heteroatoms. The monoisotopic (exact) mass is 300 g/mol. The zero-order valence-corrected chi connectivity index (χ0v) is 12.7. The first-order valence-corrected chi connectivity index (χ1v) is 7.60. The molecule has 0 atom stereocenters. The molecule has 1 aromatic carbocycles. The van der Waals surface area contributed by atoms with Crippen molar-refractivity contribution < 1.29 is 9.53 Å². The lowest BCUT2D eigenvalue weighted by atomic mass is 10.1. The van der Waals surface area contributed by atoms with E-state index in [4.69, 9.17) is 10.5 Å². The number of nitrogen functional groups attached to an aromatic ring is 1. The van der Waals surface area contributed by atoms with Crippen LogP contribution in [0.4, 0.5) is 11.4 Å². The van der Waals surface area contributed by atoms with Crippen molar-refractivity contribution in [3.63, 3.8) is 0 Å². The Bertz CT molecular complexity index is 705. The molecule has 21 heavy (non-hydrogen) atoms. The van der Waals surface area contributed by atoms with Crippen LogP contribution in [0.25, 0.3) is 6.08 Å². The van der Waals surface area contributed by atoms with Crippen molar-refractivity contribution in [1.82, 2.24) is 0 Å². The summed E-state index contributed by atoms with van der Waals surface area (Å²) in [5, 5.41) is 1.97. The van der Waals surface area contributed by atoms with E-state index in [1.165, 1.54) is 0 Å². The number of nitrogens with two attached hydrogens (primary N) is 1. The number of carbonyl (C=O) groups excluding carboxylic acids is 1. The SMILES string of the molecule is CC(C)N1C(=O)/C(=C\c2cccs2)Oc2ccc(N)cc21. The molecule has 1 amide bonds. The van der Waals surface area contributed by atoms with Gasteiger partial charge in [0.05, 0.1) is 5.69 Å². The molecule has 2 aromatic rings. The number of rotatable bonds is 2. The maximum Gasteiger partial charge on any atom is 0.294 e. The molecule has 1 aliphatic heterocycles. The van der Waals surface area contributed by atoms with Crippen molar-refractivity contribution >= 4 is 34.7 Å². The second-order valence-corrected chi connectivity index (χ2v) is 6.10. The van der Waals surface area contributed by atoms with Gasteiger partial charge in [0.15, 0.2) is 11.5 Å². The topological polar surface area (TPSA) is 55.6 Å². The van der Waals surface area contributed by atoms with Crippen LogP contribution in [0.3, 0.4) is 0 Å². The highest BCUT2D eigenvalue weighted by Gasteiger charge is 2.32. The highest BCUT2D eigenvalue weighted by atomic mass is 32.1. The van der Waals surface area contributed by atoms with Crippen LogP contribution in [0.2, 0.25) is 0 Å². The molecule has 0 spiro atoms. The summed E-state index contributed by atoms with van der Waals surface area (Å²) in [7, 11) is 0. The Morgan fingerprint density at radius 1 is 1.33 bits per heavy atom. The fourth-order valence-electron chi connectivity index (χ4n) is 2.31. The van der Waals surface area contributed by atoms with Crippen LogP contribution in [0, 0.1) is 0 Å². The number of ether oxygens (including phenoxy) is 1. The lowest BCUT2D eigenvalue weighted by Crippen LogP contribution is -2.42. The Kier molecular flexibility index (Phi) is 3.43. The van der Waals surface area contributed by atoms with Crippen LogP contribution in [-0.4, -0.2) is 11.9 Å². The van der Waals surface area contributed by atoms with E-state index in [1.807, 2.05) is 31.4 Å². The van der Waals surface area contributed by atoms with Gasteiger partial charge in [-0.2, -0.15) is 0 Å². The fraction of sp³-hybridized carbons (Fsp3) is 0.188. The van der Waals surface area contributed by atoms with Gasteiger partial charge in [0.2, 0.25) is 0 Å². The molecule has 0 bridgehead atoms. The number of nitrogens with zero attached hydrogens (tertiary/aromatic N) is 1. The average Bonchev–Trinajstić information content (AvgIpc) is 2.92. The third kappa shape index (κ3) is 2.52. The number of amides is 1. The summed E-state index contributed by atoms with van der Waals surface area (Å²) in [6.07, 6.45) is 1.78. The number of thiophene rings is 1. The van der Waals surface area contributed by atoms with Gasteiger partial charge in [-0.1, -0.05) is 6.07 Å². The van der Waals surface area contributed by atoms with E-state index in [1.54, 1.807) is 40.5 Å². The minimum atomic E-state index is -0.142. The van der Waals surface area contributed by atoms with E-state index in [9.17, 15) is 4.79 Å². The van der Waals surface area contributed by atoms with Gasteiger partial charge in [-0.15, -0.1) is 11.3 Å². The predicted molar refractivity (Wildman–Crippen MR) is 86.4 cm³/mol. The summed E-state index contributed by atoms with van der Waals surface area (Å²) in [4.78, 5) is 15.4. The zero-order chi connectivity index (χ0) is 15.0. The van der Waals surface area contributed by atoms with E-state index in [2.05, 4.69) is 0 Å². The molecule has 0 radical (unpaired) electrons. The molecule has 2 heterocycles. The smallest absolute Gasteiger partial charge is 0.294 e. The lowest BCUT2D eigenvalue weighted by molar-refractivity contribution is -0.117. The summed E-state index contributed by atoms with van der Waals surface area (Å²) in [5.74, 6) is 0.847. The first kappa shape index (κ1) is 13.7. The third-order valence-electron chi connectivity index (χ3n) is 3.22. The Balaban J connectivity index is 2.09. The summed E-state index contributed by atoms with van der Waals surface area (Å²) in [6.45, 7) is 3.94. The van der Waals surface area contributed by atoms with Crippen molar-refractivity contribution in [2.45, 2.75) is 19.9 Å². The number of hydrogen-bond acceptors (Lipinski definition) is 4. The Morgan fingerprint density at radius 3 is 2.81 bits per heavy atom. The fourth-order valence-corrected chi connectivity index (χ4v) is 2.95. The Morgan fingerprint density at radius 2 is 2.14 bits per heavy atom. The molecule has 0 saturated heterocycles. The molecule has 0 unspecified atom stereocenters. The first-order valence-electron chi connectivity index (χ1n) is 6.72. The molecule has 0 fully saturated rings. The van der Waals surface area contributed by atoms with Crippen molar-refractivity contribution in [3.05, 3.63) is 46.3 Å². The van der Waals surface area contributed by atoms with Gasteiger partial charge in [0.1, 0.15) is 0 Å². The van der Waals surface area contributed by atoms with Gasteiger partial charge in [-0.05, 0) is 43.5 Å². The molecule has 0 saturated carbocycles. The Hall–Kier alpha value is -2.27. The van der Waals surface area contributed by atoms with Crippen LogP contribution < -0.4 is 15.4 Å². The lowest BCUT2D eigenvalue weighted by Gasteiger charge is -2.33. The van der Waals surface area contributed by atoms with Crippen LogP contribution in [0.1, 0.15) is 18.7 Å². The summed E-state index contributed by atoms with van der Waals surface area (Å²) >= 11 is 1.56. The minimum absolute atomic E-state index is 0.0219. The van der Waals surface area contributed by atoms with Gasteiger partial charge < -0.3 is 10.5 Å². The highest BCUT2D eigenvalue weighted by molar-refractivity contribution is 7.10. The van der Waals surface area contributed by atoms with E-state index in [0.717, 1.165) is 10.6 Å². The maximum absolute atomic E-state index is 12.7. The second kappa shape index (κ2) is 5.26. The largest absolute Gasteiger partial charge is 0.449 e. The van der Waals surface area contributed by atoms with Crippen molar-refractivity contribution in [2.75, 3.05) is 10.6 Å². The number of benzene rings is 1. The van der Waals surface area contributed by atoms with E-state index < -0.39 is 0 Å². The van der Waals surface area contributed by atoms with Crippen LogP contribution >= 0.6 is 11.3 Å². The van der Waals surface area contributed by atoms with Crippen LogP contribution in [-0.2, 0) is 4.79 Å². The zero-order valence-electron chi connectivity index (χ0n) is 11.9. The van der Waals surface area contributed by atoms with E-state index >= 15 is 0 Å². The molecular weight excluding hydrogens is 284 g/mol.